The molecule has 0 radical (unpaired) electrons. The molecule has 0 spiro atoms. The summed E-state index contributed by atoms with van der Waals surface area (Å²) in [4.78, 5) is 21.3. The van der Waals surface area contributed by atoms with Crippen LogP contribution in [0, 0.1) is 0 Å². The first-order valence-corrected chi connectivity index (χ1v) is 7.95. The van der Waals surface area contributed by atoms with Crippen molar-refractivity contribution in [2.45, 2.75) is 25.8 Å². The molecular weight excluding hydrogens is 260 g/mol. The molecule has 2 aromatic heterocycles. The molecule has 0 saturated heterocycles. The van der Waals surface area contributed by atoms with Gasteiger partial charge in [-0.2, -0.15) is 11.8 Å². The zero-order chi connectivity index (χ0) is 13.5. The van der Waals surface area contributed by atoms with Crippen molar-refractivity contribution in [1.29, 1.82) is 0 Å². The van der Waals surface area contributed by atoms with E-state index in [2.05, 4.69) is 26.5 Å². The van der Waals surface area contributed by atoms with Crippen molar-refractivity contribution >= 4 is 22.8 Å². The Labute approximate surface area is 116 Å². The molecule has 5 nitrogen and oxygen atoms in total. The fraction of sp³-hybridized carbons (Fsp3) is 0.538. The molecule has 0 atom stereocenters. The van der Waals surface area contributed by atoms with Gasteiger partial charge in [-0.3, -0.25) is 4.79 Å². The summed E-state index contributed by atoms with van der Waals surface area (Å²) in [5, 5.41) is 3.40. The second-order valence-corrected chi connectivity index (χ2v) is 5.49. The predicted octanol–water partition coefficient (Wildman–Crippen LogP) is 1.87. The van der Waals surface area contributed by atoms with Gasteiger partial charge < -0.3 is 15.3 Å². The van der Waals surface area contributed by atoms with Crippen LogP contribution in [-0.2, 0) is 6.54 Å². The second-order valence-electron chi connectivity index (χ2n) is 4.50. The third-order valence-electron chi connectivity index (χ3n) is 3.07. The molecule has 3 N–H and O–H groups in total. The van der Waals surface area contributed by atoms with Crippen molar-refractivity contribution in [3.63, 3.8) is 0 Å². The normalized spacial score (nSPS) is 11.2. The molecule has 0 amide bonds. The summed E-state index contributed by atoms with van der Waals surface area (Å²) < 4.78 is 0. The maximum atomic E-state index is 11.5. The lowest BCUT2D eigenvalue weighted by Crippen LogP contribution is -2.15. The number of H-pyrrole nitrogens is 2. The van der Waals surface area contributed by atoms with E-state index in [1.54, 1.807) is 0 Å². The van der Waals surface area contributed by atoms with Gasteiger partial charge in [0.2, 0.25) is 0 Å². The summed E-state index contributed by atoms with van der Waals surface area (Å²) in [6, 6.07) is 0. The number of nitrogens with one attached hydrogen (secondary N) is 3. The summed E-state index contributed by atoms with van der Waals surface area (Å²) in [5.74, 6) is 1.25. The number of unbranched alkanes of at least 4 members (excludes halogenated alkanes) is 2. The van der Waals surface area contributed by atoms with Gasteiger partial charge in [-0.25, -0.2) is 4.98 Å². The molecule has 104 valence electrons. The third kappa shape index (κ3) is 3.84. The summed E-state index contributed by atoms with van der Waals surface area (Å²) in [6.45, 7) is 1.75. The van der Waals surface area contributed by atoms with Crippen LogP contribution >= 0.6 is 11.8 Å². The summed E-state index contributed by atoms with van der Waals surface area (Å²) in [6.07, 6.45) is 9.19. The number of fused-ring (bicyclic) bond motifs is 1. The van der Waals surface area contributed by atoms with Crippen molar-refractivity contribution in [2.75, 3.05) is 18.6 Å². The lowest BCUT2D eigenvalue weighted by atomic mass is 10.2. The van der Waals surface area contributed by atoms with Crippen LogP contribution in [-0.4, -0.2) is 33.5 Å². The van der Waals surface area contributed by atoms with E-state index in [-0.39, 0.29) is 5.56 Å². The first kappa shape index (κ1) is 14.1. The smallest absolute Gasteiger partial charge is 0.275 e. The number of thioether (sulfide) groups is 1. The molecular formula is C13H20N4OS. The SMILES string of the molecule is CSCCCCCNCc1c[nH]c2c(=O)[nH]cnc12. The minimum Gasteiger partial charge on any atom is -0.355 e. The van der Waals surface area contributed by atoms with Crippen LogP contribution in [0.3, 0.4) is 0 Å². The minimum absolute atomic E-state index is 0.117. The van der Waals surface area contributed by atoms with Crippen LogP contribution in [0.25, 0.3) is 11.0 Å². The molecule has 2 aromatic rings. The Hall–Kier alpha value is -1.27. The highest BCUT2D eigenvalue weighted by Crippen LogP contribution is 2.10. The quantitative estimate of drug-likeness (QED) is 0.645. The highest BCUT2D eigenvalue weighted by atomic mass is 32.2. The zero-order valence-electron chi connectivity index (χ0n) is 11.2. The Morgan fingerprint density at radius 2 is 2.21 bits per heavy atom. The molecule has 0 bridgehead atoms. The second kappa shape index (κ2) is 7.35. The molecule has 0 fully saturated rings. The van der Waals surface area contributed by atoms with Crippen molar-refractivity contribution in [2.24, 2.45) is 0 Å². The molecule has 2 rings (SSSR count). The van der Waals surface area contributed by atoms with E-state index in [9.17, 15) is 4.79 Å². The molecule has 0 aliphatic heterocycles. The van der Waals surface area contributed by atoms with Gasteiger partial charge in [-0.1, -0.05) is 6.42 Å². The molecule has 0 saturated carbocycles. The van der Waals surface area contributed by atoms with Gasteiger partial charge in [0.05, 0.1) is 11.8 Å². The van der Waals surface area contributed by atoms with E-state index in [4.69, 9.17) is 0 Å². The Kier molecular flexibility index (Phi) is 5.47. The van der Waals surface area contributed by atoms with Crippen molar-refractivity contribution in [3.8, 4) is 0 Å². The fourth-order valence-electron chi connectivity index (χ4n) is 2.04. The van der Waals surface area contributed by atoms with E-state index in [1.165, 1.54) is 31.3 Å². The van der Waals surface area contributed by atoms with Gasteiger partial charge in [0.15, 0.2) is 0 Å². The molecule has 0 aliphatic carbocycles. The van der Waals surface area contributed by atoms with Gasteiger partial charge in [0.25, 0.3) is 5.56 Å². The molecule has 0 aromatic carbocycles. The van der Waals surface area contributed by atoms with Crippen LogP contribution < -0.4 is 10.9 Å². The van der Waals surface area contributed by atoms with Crippen LogP contribution in [0.15, 0.2) is 17.3 Å². The monoisotopic (exact) mass is 280 g/mol. The number of hydrogen-bond donors (Lipinski definition) is 3. The summed E-state index contributed by atoms with van der Waals surface area (Å²) >= 11 is 1.90. The van der Waals surface area contributed by atoms with Gasteiger partial charge in [-0.15, -0.1) is 0 Å². The zero-order valence-corrected chi connectivity index (χ0v) is 12.0. The van der Waals surface area contributed by atoms with Gasteiger partial charge in [-0.05, 0) is 31.4 Å². The Morgan fingerprint density at radius 1 is 1.32 bits per heavy atom. The molecule has 0 aliphatic rings. The number of nitrogens with zero attached hydrogens (tertiary/aromatic N) is 1. The summed E-state index contributed by atoms with van der Waals surface area (Å²) in [5.41, 5.74) is 2.25. The molecule has 0 unspecified atom stereocenters. The number of aromatic nitrogens is 3. The van der Waals surface area contributed by atoms with Crippen molar-refractivity contribution < 1.29 is 0 Å². The van der Waals surface area contributed by atoms with E-state index in [0.29, 0.717) is 5.52 Å². The largest absolute Gasteiger partial charge is 0.355 e. The maximum Gasteiger partial charge on any atom is 0.275 e. The Bertz CT molecular complexity index is 563. The number of hydrogen-bond acceptors (Lipinski definition) is 4. The highest BCUT2D eigenvalue weighted by Gasteiger charge is 2.06. The lowest BCUT2D eigenvalue weighted by Gasteiger charge is -2.03. The van der Waals surface area contributed by atoms with E-state index < -0.39 is 0 Å². The first-order valence-electron chi connectivity index (χ1n) is 6.56. The standard InChI is InChI=1S/C13H20N4OS/c1-19-6-4-2-3-5-14-7-10-8-15-12-11(10)16-9-17-13(12)18/h8-9,14-15H,2-7H2,1H3,(H,16,17,18). The van der Waals surface area contributed by atoms with Crippen LogP contribution in [0.2, 0.25) is 0 Å². The fourth-order valence-corrected chi connectivity index (χ4v) is 2.53. The molecule has 2 heterocycles. The van der Waals surface area contributed by atoms with Crippen LogP contribution in [0.5, 0.6) is 0 Å². The number of rotatable bonds is 8. The topological polar surface area (TPSA) is 73.6 Å². The average Bonchev–Trinajstić information content (AvgIpc) is 2.83. The Balaban J connectivity index is 1.79. The van der Waals surface area contributed by atoms with E-state index in [0.717, 1.165) is 24.2 Å². The third-order valence-corrected chi connectivity index (χ3v) is 3.76. The van der Waals surface area contributed by atoms with Gasteiger partial charge >= 0.3 is 0 Å². The maximum absolute atomic E-state index is 11.5. The minimum atomic E-state index is -0.117. The number of aromatic amines is 2. The van der Waals surface area contributed by atoms with Crippen LogP contribution in [0.4, 0.5) is 0 Å². The Morgan fingerprint density at radius 3 is 3.05 bits per heavy atom. The van der Waals surface area contributed by atoms with E-state index in [1.807, 2.05) is 18.0 Å². The average molecular weight is 280 g/mol. The van der Waals surface area contributed by atoms with Crippen molar-refractivity contribution in [3.05, 3.63) is 28.4 Å². The van der Waals surface area contributed by atoms with Gasteiger partial charge in [0.1, 0.15) is 5.52 Å². The molecule has 19 heavy (non-hydrogen) atoms. The van der Waals surface area contributed by atoms with E-state index >= 15 is 0 Å². The molecule has 6 heteroatoms. The van der Waals surface area contributed by atoms with Gasteiger partial charge in [0, 0.05) is 18.3 Å². The summed E-state index contributed by atoms with van der Waals surface area (Å²) in [7, 11) is 0. The predicted molar refractivity (Wildman–Crippen MR) is 80.7 cm³/mol. The highest BCUT2D eigenvalue weighted by molar-refractivity contribution is 7.98. The first-order chi connectivity index (χ1) is 9.33. The van der Waals surface area contributed by atoms with Crippen molar-refractivity contribution in [1.82, 2.24) is 20.3 Å². The lowest BCUT2D eigenvalue weighted by molar-refractivity contribution is 0.620. The van der Waals surface area contributed by atoms with Crippen LogP contribution in [0.1, 0.15) is 24.8 Å².